The summed E-state index contributed by atoms with van der Waals surface area (Å²) >= 11 is 7.60. The molecule has 1 saturated heterocycles. The van der Waals surface area contributed by atoms with Crippen LogP contribution in [0.2, 0.25) is 4.34 Å². The Balaban J connectivity index is 1.35. The number of halogens is 1. The van der Waals surface area contributed by atoms with E-state index in [1.54, 1.807) is 11.3 Å². The first-order valence-corrected chi connectivity index (χ1v) is 8.58. The van der Waals surface area contributed by atoms with E-state index >= 15 is 0 Å². The van der Waals surface area contributed by atoms with E-state index in [4.69, 9.17) is 16.3 Å². The topological polar surface area (TPSA) is 21.3 Å². The summed E-state index contributed by atoms with van der Waals surface area (Å²) in [6, 6.07) is 4.10. The van der Waals surface area contributed by atoms with E-state index in [2.05, 4.69) is 11.4 Å². The van der Waals surface area contributed by atoms with Crippen molar-refractivity contribution in [1.29, 1.82) is 0 Å². The van der Waals surface area contributed by atoms with Gasteiger partial charge in [-0.2, -0.15) is 0 Å². The van der Waals surface area contributed by atoms with Crippen LogP contribution in [0.25, 0.3) is 0 Å². The van der Waals surface area contributed by atoms with Crippen LogP contribution in [0.15, 0.2) is 12.1 Å². The molecule has 1 atom stereocenters. The second kappa shape index (κ2) is 6.13. The molecule has 0 amide bonds. The van der Waals surface area contributed by atoms with Crippen molar-refractivity contribution in [1.82, 2.24) is 5.32 Å². The summed E-state index contributed by atoms with van der Waals surface area (Å²) in [5.74, 6) is 0. The van der Waals surface area contributed by atoms with E-state index in [0.717, 1.165) is 23.8 Å². The molecule has 1 aliphatic heterocycles. The Kier molecular flexibility index (Phi) is 4.47. The minimum absolute atomic E-state index is 0.271. The maximum absolute atomic E-state index is 6.29. The summed E-state index contributed by atoms with van der Waals surface area (Å²) in [7, 11) is 0. The predicted molar refractivity (Wildman–Crippen MR) is 81.2 cm³/mol. The van der Waals surface area contributed by atoms with Gasteiger partial charge in [-0.25, -0.2) is 0 Å². The average molecular weight is 300 g/mol. The molecule has 1 unspecified atom stereocenters. The molecule has 0 aromatic carbocycles. The predicted octanol–water partition coefficient (Wildman–Crippen LogP) is 4.03. The lowest BCUT2D eigenvalue weighted by Gasteiger charge is -2.23. The maximum Gasteiger partial charge on any atom is 0.0931 e. The lowest BCUT2D eigenvalue weighted by atomic mass is 9.98. The van der Waals surface area contributed by atoms with Crippen molar-refractivity contribution in [2.75, 3.05) is 13.1 Å². The summed E-state index contributed by atoms with van der Waals surface area (Å²) in [5, 5.41) is 3.53. The number of ether oxygens (including phenoxy) is 1. The van der Waals surface area contributed by atoms with Gasteiger partial charge < -0.3 is 10.1 Å². The van der Waals surface area contributed by atoms with Gasteiger partial charge in [-0.1, -0.05) is 24.4 Å². The molecule has 1 spiro atoms. The molecule has 1 N–H and O–H groups in total. The zero-order chi connectivity index (χ0) is 13.1. The van der Waals surface area contributed by atoms with Crippen LogP contribution in [0.5, 0.6) is 0 Å². The zero-order valence-corrected chi connectivity index (χ0v) is 12.9. The lowest BCUT2D eigenvalue weighted by molar-refractivity contribution is -0.0349. The van der Waals surface area contributed by atoms with Gasteiger partial charge in [0.05, 0.1) is 16.0 Å². The SMILES string of the molecule is Clc1ccc(CCNCC2CCC3(CCCC3)O2)s1. The molecular formula is C15H22ClNOS. The lowest BCUT2D eigenvalue weighted by Crippen LogP contribution is -2.31. The highest BCUT2D eigenvalue weighted by Gasteiger charge is 2.41. The van der Waals surface area contributed by atoms with E-state index in [-0.39, 0.29) is 5.60 Å². The summed E-state index contributed by atoms with van der Waals surface area (Å²) in [5.41, 5.74) is 0.271. The summed E-state index contributed by atoms with van der Waals surface area (Å²) < 4.78 is 7.17. The Bertz CT molecular complexity index is 414. The molecule has 1 aromatic heterocycles. The fraction of sp³-hybridized carbons (Fsp3) is 0.733. The van der Waals surface area contributed by atoms with Gasteiger partial charge in [-0.05, 0) is 44.2 Å². The van der Waals surface area contributed by atoms with Gasteiger partial charge in [0, 0.05) is 18.0 Å². The third-order valence-corrected chi connectivity index (χ3v) is 5.69. The van der Waals surface area contributed by atoms with Gasteiger partial charge in [0.2, 0.25) is 0 Å². The summed E-state index contributed by atoms with van der Waals surface area (Å²) in [4.78, 5) is 1.36. The normalized spacial score (nSPS) is 25.4. The minimum Gasteiger partial charge on any atom is -0.370 e. The van der Waals surface area contributed by atoms with Gasteiger partial charge in [0.15, 0.2) is 0 Å². The van der Waals surface area contributed by atoms with Crippen LogP contribution in [0, 0.1) is 0 Å². The van der Waals surface area contributed by atoms with Gasteiger partial charge in [0.25, 0.3) is 0 Å². The van der Waals surface area contributed by atoms with Crippen molar-refractivity contribution in [3.63, 3.8) is 0 Å². The third-order valence-electron chi connectivity index (χ3n) is 4.40. The molecule has 1 aromatic rings. The minimum atomic E-state index is 0.271. The Morgan fingerprint density at radius 2 is 2.16 bits per heavy atom. The number of rotatable bonds is 5. The Hall–Kier alpha value is -0.0900. The molecular weight excluding hydrogens is 278 g/mol. The van der Waals surface area contributed by atoms with Crippen molar-refractivity contribution >= 4 is 22.9 Å². The molecule has 1 saturated carbocycles. The van der Waals surface area contributed by atoms with Crippen LogP contribution in [-0.4, -0.2) is 24.8 Å². The van der Waals surface area contributed by atoms with E-state index < -0.39 is 0 Å². The van der Waals surface area contributed by atoms with Gasteiger partial charge >= 0.3 is 0 Å². The Morgan fingerprint density at radius 3 is 2.89 bits per heavy atom. The Labute approximate surface area is 124 Å². The first kappa shape index (κ1) is 13.9. The summed E-state index contributed by atoms with van der Waals surface area (Å²) in [6.07, 6.45) is 9.31. The molecule has 19 heavy (non-hydrogen) atoms. The van der Waals surface area contributed by atoms with Gasteiger partial charge in [-0.15, -0.1) is 11.3 Å². The van der Waals surface area contributed by atoms with Crippen LogP contribution < -0.4 is 5.32 Å². The molecule has 2 aliphatic rings. The van der Waals surface area contributed by atoms with Gasteiger partial charge in [0.1, 0.15) is 0 Å². The Morgan fingerprint density at radius 1 is 1.32 bits per heavy atom. The second-order valence-electron chi connectivity index (χ2n) is 5.83. The molecule has 106 valence electrons. The molecule has 3 rings (SSSR count). The number of hydrogen-bond donors (Lipinski definition) is 1. The van der Waals surface area contributed by atoms with Crippen LogP contribution >= 0.6 is 22.9 Å². The summed E-state index contributed by atoms with van der Waals surface area (Å²) in [6.45, 7) is 2.02. The highest BCUT2D eigenvalue weighted by Crippen LogP contribution is 2.43. The van der Waals surface area contributed by atoms with E-state index in [9.17, 15) is 0 Å². The van der Waals surface area contributed by atoms with Crippen molar-refractivity contribution < 1.29 is 4.74 Å². The zero-order valence-electron chi connectivity index (χ0n) is 11.3. The molecule has 1 aliphatic carbocycles. The maximum atomic E-state index is 6.29. The number of nitrogens with one attached hydrogen (secondary N) is 1. The van der Waals surface area contributed by atoms with Crippen LogP contribution in [0.1, 0.15) is 43.4 Å². The molecule has 4 heteroatoms. The number of hydrogen-bond acceptors (Lipinski definition) is 3. The van der Waals surface area contributed by atoms with E-state index in [0.29, 0.717) is 6.10 Å². The third kappa shape index (κ3) is 3.52. The highest BCUT2D eigenvalue weighted by atomic mass is 35.5. The fourth-order valence-corrected chi connectivity index (χ4v) is 4.47. The van der Waals surface area contributed by atoms with Crippen LogP contribution in [-0.2, 0) is 11.2 Å². The molecule has 0 bridgehead atoms. The van der Waals surface area contributed by atoms with Gasteiger partial charge in [-0.3, -0.25) is 0 Å². The molecule has 2 heterocycles. The van der Waals surface area contributed by atoms with Crippen molar-refractivity contribution in [2.24, 2.45) is 0 Å². The largest absolute Gasteiger partial charge is 0.370 e. The molecule has 0 radical (unpaired) electrons. The molecule has 2 nitrogen and oxygen atoms in total. The fourth-order valence-electron chi connectivity index (χ4n) is 3.39. The number of thiophene rings is 1. The van der Waals surface area contributed by atoms with Crippen molar-refractivity contribution in [2.45, 2.75) is 56.7 Å². The van der Waals surface area contributed by atoms with Crippen molar-refractivity contribution in [3.8, 4) is 0 Å². The standard InChI is InChI=1S/C15H22ClNOS/c16-14-4-3-13(19-14)6-10-17-11-12-5-9-15(18-12)7-1-2-8-15/h3-4,12,17H,1-2,5-11H2. The van der Waals surface area contributed by atoms with E-state index in [1.165, 1.54) is 43.4 Å². The second-order valence-corrected chi connectivity index (χ2v) is 7.63. The smallest absolute Gasteiger partial charge is 0.0931 e. The first-order chi connectivity index (χ1) is 9.26. The highest BCUT2D eigenvalue weighted by molar-refractivity contribution is 7.16. The van der Waals surface area contributed by atoms with Crippen LogP contribution in [0.3, 0.4) is 0 Å². The van der Waals surface area contributed by atoms with Crippen molar-refractivity contribution in [3.05, 3.63) is 21.3 Å². The monoisotopic (exact) mass is 299 g/mol. The average Bonchev–Trinajstić information content (AvgIpc) is 3.10. The van der Waals surface area contributed by atoms with E-state index in [1.807, 2.05) is 6.07 Å². The first-order valence-electron chi connectivity index (χ1n) is 7.39. The molecule has 2 fully saturated rings. The van der Waals surface area contributed by atoms with Crippen LogP contribution in [0.4, 0.5) is 0 Å². The quantitative estimate of drug-likeness (QED) is 0.829.